The molecule has 3 aliphatic rings. The minimum atomic E-state index is -0.736. The zero-order valence-electron chi connectivity index (χ0n) is 20.8. The summed E-state index contributed by atoms with van der Waals surface area (Å²) in [4.78, 5) is 17.1. The number of benzene rings is 2. The Labute approximate surface area is 213 Å². The van der Waals surface area contributed by atoms with Crippen molar-refractivity contribution in [2.24, 2.45) is 0 Å². The number of nitrogens with one attached hydrogen (secondary N) is 1. The largest absolute Gasteiger partial charge is 0.387 e. The molecule has 0 bridgehead atoms. The molecule has 36 heavy (non-hydrogen) atoms. The van der Waals surface area contributed by atoms with Crippen LogP contribution in [0.25, 0.3) is 0 Å². The van der Waals surface area contributed by atoms with Crippen LogP contribution >= 0.6 is 0 Å². The van der Waals surface area contributed by atoms with Crippen LogP contribution in [-0.4, -0.2) is 71.3 Å². The quantitative estimate of drug-likeness (QED) is 0.602. The minimum absolute atomic E-state index is 0.145. The lowest BCUT2D eigenvalue weighted by atomic mass is 9.75. The van der Waals surface area contributed by atoms with E-state index in [1.165, 1.54) is 5.56 Å². The number of ether oxygens (including phenoxy) is 1. The van der Waals surface area contributed by atoms with E-state index in [0.29, 0.717) is 13.2 Å². The summed E-state index contributed by atoms with van der Waals surface area (Å²) in [5, 5.41) is 14.4. The first-order valence-electron chi connectivity index (χ1n) is 12.8. The van der Waals surface area contributed by atoms with E-state index in [1.54, 1.807) is 6.08 Å². The van der Waals surface area contributed by atoms with Gasteiger partial charge in [-0.25, -0.2) is 0 Å². The average Bonchev–Trinajstić information content (AvgIpc) is 2.89. The molecule has 2 aromatic rings. The number of fused-ring (bicyclic) bond motifs is 1. The topological polar surface area (TPSA) is 65.0 Å². The Morgan fingerprint density at radius 1 is 0.944 bits per heavy atom. The van der Waals surface area contributed by atoms with Crippen molar-refractivity contribution < 1.29 is 14.6 Å². The summed E-state index contributed by atoms with van der Waals surface area (Å²) in [6.07, 6.45) is 6.36. The number of hydrogen-bond donors (Lipinski definition) is 2. The van der Waals surface area contributed by atoms with E-state index in [9.17, 15) is 9.90 Å². The third-order valence-corrected chi connectivity index (χ3v) is 7.45. The van der Waals surface area contributed by atoms with Gasteiger partial charge in [-0.15, -0.1) is 0 Å². The molecule has 2 aromatic carbocycles. The molecule has 3 atom stereocenters. The van der Waals surface area contributed by atoms with Gasteiger partial charge in [-0.05, 0) is 29.2 Å². The predicted octanol–water partition coefficient (Wildman–Crippen LogP) is 3.06. The van der Waals surface area contributed by atoms with Crippen LogP contribution in [0.15, 0.2) is 96.1 Å². The van der Waals surface area contributed by atoms with E-state index >= 15 is 0 Å². The van der Waals surface area contributed by atoms with Crippen molar-refractivity contribution in [3.63, 3.8) is 0 Å². The highest BCUT2D eigenvalue weighted by Gasteiger charge is 2.43. The maximum Gasteiger partial charge on any atom is 0.244 e. The second kappa shape index (κ2) is 10.9. The van der Waals surface area contributed by atoms with E-state index in [4.69, 9.17) is 4.74 Å². The Hall–Kier alpha value is -3.03. The monoisotopic (exact) mass is 485 g/mol. The Kier molecular flexibility index (Phi) is 7.48. The highest BCUT2D eigenvalue weighted by atomic mass is 16.5. The number of rotatable bonds is 8. The number of hydrogen-bond acceptors (Lipinski definition) is 5. The van der Waals surface area contributed by atoms with Gasteiger partial charge in [-0.2, -0.15) is 0 Å². The molecular weight excluding hydrogens is 450 g/mol. The standard InChI is InChI=1S/C30H35N3O3/c1-30-26(13-15-29(35)31-30)25(12-14-28(30)36-22-24-10-6-3-7-11-24)27(34)21-33-18-16-32(17-19-33)20-23-8-4-2-5-9-23/h2-15,27-28,34H,16-22H2,1H3,(H,31,35)/t27-,28?,30?/m0/s1. The molecule has 6 heteroatoms. The predicted molar refractivity (Wildman–Crippen MR) is 141 cm³/mol. The summed E-state index contributed by atoms with van der Waals surface area (Å²) in [6.45, 7) is 7.75. The van der Waals surface area contributed by atoms with E-state index in [-0.39, 0.29) is 12.0 Å². The summed E-state index contributed by atoms with van der Waals surface area (Å²) in [7, 11) is 0. The van der Waals surface area contributed by atoms with E-state index in [0.717, 1.165) is 49.4 Å². The number of carbonyl (C=O) groups excluding carboxylic acids is 1. The molecule has 0 spiro atoms. The molecule has 2 unspecified atom stereocenters. The van der Waals surface area contributed by atoms with Gasteiger partial charge in [0.15, 0.2) is 0 Å². The van der Waals surface area contributed by atoms with Crippen molar-refractivity contribution in [2.45, 2.75) is 37.8 Å². The maximum atomic E-state index is 12.3. The number of aliphatic hydroxyl groups is 1. The molecule has 2 heterocycles. The molecular formula is C30H35N3O3. The van der Waals surface area contributed by atoms with Gasteiger partial charge in [0.2, 0.25) is 5.91 Å². The van der Waals surface area contributed by atoms with Gasteiger partial charge in [-0.1, -0.05) is 78.9 Å². The Morgan fingerprint density at radius 2 is 1.58 bits per heavy atom. The van der Waals surface area contributed by atoms with Crippen LogP contribution < -0.4 is 5.32 Å². The van der Waals surface area contributed by atoms with Crippen molar-refractivity contribution >= 4 is 5.91 Å². The van der Waals surface area contributed by atoms with Crippen molar-refractivity contribution in [1.29, 1.82) is 0 Å². The van der Waals surface area contributed by atoms with Crippen molar-refractivity contribution in [3.8, 4) is 0 Å². The molecule has 2 aliphatic heterocycles. The van der Waals surface area contributed by atoms with Crippen LogP contribution in [0.1, 0.15) is 18.1 Å². The Bertz CT molecular complexity index is 1140. The Morgan fingerprint density at radius 3 is 2.28 bits per heavy atom. The molecule has 188 valence electrons. The molecule has 0 aromatic heterocycles. The third-order valence-electron chi connectivity index (χ3n) is 7.45. The summed E-state index contributed by atoms with van der Waals surface area (Å²) in [6, 6.07) is 20.6. The Balaban J connectivity index is 1.23. The molecule has 6 nitrogen and oxygen atoms in total. The molecule has 1 saturated heterocycles. The lowest BCUT2D eigenvalue weighted by molar-refractivity contribution is -0.119. The van der Waals surface area contributed by atoms with Crippen molar-refractivity contribution in [2.75, 3.05) is 32.7 Å². The molecule has 0 saturated carbocycles. The maximum absolute atomic E-state index is 12.3. The van der Waals surface area contributed by atoms with Crippen LogP contribution in [0, 0.1) is 0 Å². The first-order chi connectivity index (χ1) is 17.5. The number of nitrogens with zero attached hydrogens (tertiary/aromatic N) is 2. The molecule has 0 radical (unpaired) electrons. The van der Waals surface area contributed by atoms with Crippen LogP contribution in [0.4, 0.5) is 0 Å². The average molecular weight is 486 g/mol. The molecule has 5 rings (SSSR count). The number of β-amino-alcohol motifs (C(OH)–C–C–N with tert-alkyl or cyclic N) is 1. The second-order valence-corrected chi connectivity index (χ2v) is 10.0. The fourth-order valence-electron chi connectivity index (χ4n) is 5.38. The molecule has 1 aliphatic carbocycles. The highest BCUT2D eigenvalue weighted by molar-refractivity contribution is 5.91. The fourth-order valence-corrected chi connectivity index (χ4v) is 5.38. The lowest BCUT2D eigenvalue weighted by Gasteiger charge is -2.44. The summed E-state index contributed by atoms with van der Waals surface area (Å²) >= 11 is 0. The number of aliphatic hydroxyl groups excluding tert-OH is 1. The van der Waals surface area contributed by atoms with Crippen LogP contribution in [0.2, 0.25) is 0 Å². The smallest absolute Gasteiger partial charge is 0.244 e. The van der Waals surface area contributed by atoms with Crippen molar-refractivity contribution in [1.82, 2.24) is 15.1 Å². The zero-order valence-corrected chi connectivity index (χ0v) is 20.8. The normalized spacial score (nSPS) is 25.5. The van der Waals surface area contributed by atoms with Gasteiger partial charge in [0.25, 0.3) is 0 Å². The highest BCUT2D eigenvalue weighted by Crippen LogP contribution is 2.36. The summed E-state index contributed by atoms with van der Waals surface area (Å²) < 4.78 is 6.26. The number of piperazine rings is 1. The molecule has 1 amide bonds. The first kappa shape index (κ1) is 24.7. The van der Waals surface area contributed by atoms with Gasteiger partial charge in [0, 0.05) is 45.3 Å². The van der Waals surface area contributed by atoms with Gasteiger partial charge < -0.3 is 15.2 Å². The number of carbonyl (C=O) groups is 1. The van der Waals surface area contributed by atoms with E-state index < -0.39 is 11.6 Å². The summed E-state index contributed by atoms with van der Waals surface area (Å²) in [5.41, 5.74) is 3.44. The third kappa shape index (κ3) is 5.52. The van der Waals surface area contributed by atoms with E-state index in [2.05, 4.69) is 39.4 Å². The van der Waals surface area contributed by atoms with Crippen LogP contribution in [-0.2, 0) is 22.7 Å². The lowest BCUT2D eigenvalue weighted by Crippen LogP contribution is -2.59. The number of amides is 1. The van der Waals surface area contributed by atoms with Gasteiger partial charge in [-0.3, -0.25) is 14.6 Å². The van der Waals surface area contributed by atoms with Crippen LogP contribution in [0.3, 0.4) is 0 Å². The fraction of sp³-hybridized carbons (Fsp3) is 0.367. The minimum Gasteiger partial charge on any atom is -0.387 e. The first-order valence-corrected chi connectivity index (χ1v) is 12.8. The SMILES string of the molecule is CC12NC(=O)C=CC1=C([C@@H](O)CN1CCN(Cc3ccccc3)CC1)C=CC2OCc1ccccc1. The van der Waals surface area contributed by atoms with E-state index in [1.807, 2.05) is 61.5 Å². The van der Waals surface area contributed by atoms with Gasteiger partial charge in [0.05, 0.1) is 18.2 Å². The van der Waals surface area contributed by atoms with Crippen molar-refractivity contribution in [3.05, 3.63) is 107 Å². The van der Waals surface area contributed by atoms with Crippen LogP contribution in [0.5, 0.6) is 0 Å². The zero-order chi connectivity index (χ0) is 25.0. The molecule has 2 N–H and O–H groups in total. The molecule has 1 fully saturated rings. The van der Waals surface area contributed by atoms with Gasteiger partial charge in [0.1, 0.15) is 6.10 Å². The summed E-state index contributed by atoms with van der Waals surface area (Å²) in [5.74, 6) is -0.145. The second-order valence-electron chi connectivity index (χ2n) is 10.0. The van der Waals surface area contributed by atoms with Gasteiger partial charge >= 0.3 is 0 Å².